The minimum absolute atomic E-state index is 0.165. The number of aromatic amines is 1. The van der Waals surface area contributed by atoms with Crippen LogP contribution in [0.1, 0.15) is 65.6 Å². The normalized spacial score (nSPS) is 16.8. The van der Waals surface area contributed by atoms with Crippen LogP contribution in [0.15, 0.2) is 36.4 Å². The van der Waals surface area contributed by atoms with Gasteiger partial charge in [0.1, 0.15) is 11.4 Å². The number of aryl methyl sites for hydroxylation is 2. The molecule has 0 saturated carbocycles. The van der Waals surface area contributed by atoms with Gasteiger partial charge in [-0.3, -0.25) is 4.79 Å². The number of aromatic nitrogens is 4. The van der Waals surface area contributed by atoms with Crippen LogP contribution in [-0.4, -0.2) is 56.4 Å². The molecule has 11 heteroatoms. The van der Waals surface area contributed by atoms with Crippen molar-refractivity contribution in [1.82, 2.24) is 25.9 Å². The van der Waals surface area contributed by atoms with Crippen molar-refractivity contribution in [2.24, 2.45) is 0 Å². The molecule has 0 radical (unpaired) electrons. The van der Waals surface area contributed by atoms with Crippen LogP contribution in [0.5, 0.6) is 5.75 Å². The number of carboxylic acid groups (broad SMARTS) is 1. The maximum atomic E-state index is 12.4. The van der Waals surface area contributed by atoms with E-state index in [2.05, 4.69) is 25.9 Å². The Hall–Kier alpha value is -4.28. The number of amides is 1. The first-order chi connectivity index (χ1) is 17.1. The summed E-state index contributed by atoms with van der Waals surface area (Å²) in [5, 5.41) is 27.4. The number of tetrazole rings is 1. The van der Waals surface area contributed by atoms with Crippen molar-refractivity contribution in [3.63, 3.8) is 0 Å². The minimum atomic E-state index is -1.03. The number of alkyl carbamates (subject to hydrolysis) is 1. The van der Waals surface area contributed by atoms with Gasteiger partial charge in [-0.15, -0.1) is 10.2 Å². The highest BCUT2D eigenvalue weighted by Crippen LogP contribution is 2.46. The lowest BCUT2D eigenvalue weighted by molar-refractivity contribution is -0.120. The van der Waals surface area contributed by atoms with Crippen LogP contribution in [0.2, 0.25) is 0 Å². The van der Waals surface area contributed by atoms with Gasteiger partial charge in [-0.2, -0.15) is 5.21 Å². The van der Waals surface area contributed by atoms with Crippen LogP contribution in [0.25, 0.3) is 0 Å². The van der Waals surface area contributed by atoms with E-state index in [-0.39, 0.29) is 12.1 Å². The standard InChI is InChI=1S/C25H27N5O6/c1-24(2,3)36-23(34)26-11-10-25(22-27-29-30-28-22)19-8-6-17(21(32)33)12-15(19)4-5-16-13-18(35-14-31)7-9-20(16)25/h6-9,12-14H,4-5,10-11H2,1-3H3,(H,26,34)(H,32,33)(H,27,28,29,30). The number of hydrogen-bond donors (Lipinski definition) is 3. The fourth-order valence-corrected chi connectivity index (χ4v) is 4.72. The number of nitrogens with one attached hydrogen (secondary N) is 2. The van der Waals surface area contributed by atoms with E-state index < -0.39 is 23.1 Å². The molecule has 11 nitrogen and oxygen atoms in total. The largest absolute Gasteiger partial charge is 0.478 e. The Labute approximate surface area is 207 Å². The second kappa shape index (κ2) is 9.76. The van der Waals surface area contributed by atoms with E-state index in [0.717, 1.165) is 22.3 Å². The number of nitrogens with zero attached hydrogens (tertiary/aromatic N) is 3. The first-order valence-corrected chi connectivity index (χ1v) is 11.5. The van der Waals surface area contributed by atoms with E-state index in [9.17, 15) is 19.5 Å². The molecule has 1 unspecified atom stereocenters. The fourth-order valence-electron chi connectivity index (χ4n) is 4.72. The number of carboxylic acids is 1. The second-order valence-electron chi connectivity index (χ2n) is 9.53. The molecule has 3 N–H and O–H groups in total. The Kier molecular flexibility index (Phi) is 6.73. The lowest BCUT2D eigenvalue weighted by Gasteiger charge is -2.34. The van der Waals surface area contributed by atoms with Gasteiger partial charge in [0, 0.05) is 6.54 Å². The summed E-state index contributed by atoms with van der Waals surface area (Å²) in [6, 6.07) is 10.3. The van der Waals surface area contributed by atoms with Gasteiger partial charge in [0.05, 0.1) is 11.0 Å². The molecule has 1 aliphatic rings. The quantitative estimate of drug-likeness (QED) is 0.421. The van der Waals surface area contributed by atoms with Crippen molar-refractivity contribution in [3.05, 3.63) is 70.0 Å². The van der Waals surface area contributed by atoms with Crippen molar-refractivity contribution in [1.29, 1.82) is 0 Å². The number of carbonyl (C=O) groups is 3. The van der Waals surface area contributed by atoms with Crippen molar-refractivity contribution in [2.45, 2.75) is 51.0 Å². The van der Waals surface area contributed by atoms with Gasteiger partial charge >= 0.3 is 12.1 Å². The molecule has 3 aromatic rings. The topological polar surface area (TPSA) is 156 Å². The van der Waals surface area contributed by atoms with Gasteiger partial charge in [0.2, 0.25) is 0 Å². The van der Waals surface area contributed by atoms with E-state index in [1.165, 1.54) is 0 Å². The third-order valence-electron chi connectivity index (χ3n) is 6.09. The first kappa shape index (κ1) is 24.8. The lowest BCUT2D eigenvalue weighted by atomic mass is 9.69. The molecule has 1 atom stereocenters. The zero-order chi connectivity index (χ0) is 25.9. The molecule has 188 valence electrons. The molecule has 1 aromatic heterocycles. The highest BCUT2D eigenvalue weighted by atomic mass is 16.6. The molecule has 36 heavy (non-hydrogen) atoms. The third kappa shape index (κ3) is 4.90. The number of fused-ring (bicyclic) bond motifs is 2. The van der Waals surface area contributed by atoms with Crippen LogP contribution in [-0.2, 0) is 27.8 Å². The summed E-state index contributed by atoms with van der Waals surface area (Å²) in [5.74, 6) is -0.280. The Morgan fingerprint density at radius 1 is 1.14 bits per heavy atom. The van der Waals surface area contributed by atoms with Gasteiger partial charge in [0.15, 0.2) is 5.82 Å². The van der Waals surface area contributed by atoms with Gasteiger partial charge in [-0.1, -0.05) is 17.3 Å². The van der Waals surface area contributed by atoms with Crippen molar-refractivity contribution in [3.8, 4) is 5.75 Å². The molecule has 0 saturated heterocycles. The smallest absolute Gasteiger partial charge is 0.407 e. The van der Waals surface area contributed by atoms with E-state index in [4.69, 9.17) is 9.47 Å². The Morgan fingerprint density at radius 3 is 2.44 bits per heavy atom. The summed E-state index contributed by atoms with van der Waals surface area (Å²) in [6.45, 7) is 5.91. The number of aromatic carboxylic acids is 1. The second-order valence-corrected chi connectivity index (χ2v) is 9.53. The number of hydrogen-bond acceptors (Lipinski definition) is 8. The lowest BCUT2D eigenvalue weighted by Crippen LogP contribution is -2.39. The number of benzene rings is 2. The highest BCUT2D eigenvalue weighted by Gasteiger charge is 2.44. The summed E-state index contributed by atoms with van der Waals surface area (Å²) in [7, 11) is 0. The van der Waals surface area contributed by atoms with Gasteiger partial charge in [0.25, 0.3) is 6.47 Å². The van der Waals surface area contributed by atoms with Gasteiger partial charge in [-0.05, 0) is 86.6 Å². The van der Waals surface area contributed by atoms with Crippen molar-refractivity contribution in [2.75, 3.05) is 6.54 Å². The molecule has 0 spiro atoms. The Balaban J connectivity index is 1.86. The summed E-state index contributed by atoms with van der Waals surface area (Å²) in [6.07, 6.45) is 0.857. The van der Waals surface area contributed by atoms with Crippen LogP contribution in [0.4, 0.5) is 4.79 Å². The van der Waals surface area contributed by atoms with E-state index in [1.54, 1.807) is 51.1 Å². The van der Waals surface area contributed by atoms with Crippen LogP contribution in [0.3, 0.4) is 0 Å². The summed E-state index contributed by atoms with van der Waals surface area (Å²) in [5.41, 5.74) is 1.87. The molecule has 0 bridgehead atoms. The number of ether oxygens (including phenoxy) is 2. The van der Waals surface area contributed by atoms with E-state index in [0.29, 0.717) is 37.3 Å². The molecule has 0 fully saturated rings. The van der Waals surface area contributed by atoms with E-state index >= 15 is 0 Å². The predicted octanol–water partition coefficient (Wildman–Crippen LogP) is 2.78. The molecule has 1 aliphatic carbocycles. The van der Waals surface area contributed by atoms with E-state index in [1.807, 2.05) is 6.07 Å². The maximum absolute atomic E-state index is 12.4. The van der Waals surface area contributed by atoms with Crippen molar-refractivity contribution >= 4 is 18.5 Å². The Morgan fingerprint density at radius 2 is 1.83 bits per heavy atom. The predicted molar refractivity (Wildman–Crippen MR) is 127 cm³/mol. The third-order valence-corrected chi connectivity index (χ3v) is 6.09. The maximum Gasteiger partial charge on any atom is 0.407 e. The van der Waals surface area contributed by atoms with Crippen LogP contribution < -0.4 is 10.1 Å². The fraction of sp³-hybridized carbons (Fsp3) is 0.360. The summed E-state index contributed by atoms with van der Waals surface area (Å²) in [4.78, 5) is 35.0. The molecule has 2 aromatic carbocycles. The molecular weight excluding hydrogens is 466 g/mol. The number of rotatable bonds is 7. The highest BCUT2D eigenvalue weighted by molar-refractivity contribution is 5.88. The molecule has 0 aliphatic heterocycles. The zero-order valence-electron chi connectivity index (χ0n) is 20.2. The molecule has 1 amide bonds. The average Bonchev–Trinajstić information content (AvgIpc) is 3.31. The SMILES string of the molecule is CC(C)(C)OC(=O)NCCC1(c2nn[nH]n2)c2ccc(OC=O)cc2CCc2cc(C(=O)O)ccc21. The van der Waals surface area contributed by atoms with Gasteiger partial charge in [-0.25, -0.2) is 9.59 Å². The molecule has 1 heterocycles. The van der Waals surface area contributed by atoms with Crippen LogP contribution >= 0.6 is 0 Å². The van der Waals surface area contributed by atoms with Gasteiger partial charge < -0.3 is 19.9 Å². The van der Waals surface area contributed by atoms with Crippen LogP contribution in [0, 0.1) is 0 Å². The average molecular weight is 494 g/mol. The first-order valence-electron chi connectivity index (χ1n) is 11.5. The monoisotopic (exact) mass is 493 g/mol. The number of H-pyrrole nitrogens is 1. The molecule has 4 rings (SSSR count). The number of carbonyl (C=O) groups excluding carboxylic acids is 2. The molecular formula is C25H27N5O6. The Bertz CT molecular complexity index is 1280. The minimum Gasteiger partial charge on any atom is -0.478 e. The summed E-state index contributed by atoms with van der Waals surface area (Å²) < 4.78 is 10.5. The van der Waals surface area contributed by atoms with Crippen molar-refractivity contribution < 1.29 is 29.0 Å². The zero-order valence-corrected chi connectivity index (χ0v) is 20.2. The summed E-state index contributed by atoms with van der Waals surface area (Å²) >= 11 is 0.